The molecule has 0 aliphatic carbocycles. The van der Waals surface area contributed by atoms with Crippen molar-refractivity contribution in [3.63, 3.8) is 0 Å². The molecule has 0 spiro atoms. The van der Waals surface area contributed by atoms with Gasteiger partial charge in [-0.05, 0) is 31.5 Å². The summed E-state index contributed by atoms with van der Waals surface area (Å²) < 4.78 is 39.3. The third-order valence-electron chi connectivity index (χ3n) is 3.70. The van der Waals surface area contributed by atoms with Crippen LogP contribution in [-0.2, 0) is 24.0 Å². The molecule has 1 unspecified atom stereocenters. The van der Waals surface area contributed by atoms with Crippen LogP contribution in [0.3, 0.4) is 0 Å². The van der Waals surface area contributed by atoms with Crippen LogP contribution in [-0.4, -0.2) is 59.2 Å². The first-order chi connectivity index (χ1) is 12.7. The standard InChI is InChI=1S/C18H28BrNO6S/c1-4-24-17(25-5-2)12-15(14-6-8-16(19)9-7-14)13-20-18(21)26-10-11-27(3,22)23/h6-9,15,17H,4-5,10-13H2,1-3H3,(H,20,21). The van der Waals surface area contributed by atoms with Gasteiger partial charge in [0, 0.05) is 42.8 Å². The Bertz CT molecular complexity index is 659. The molecule has 7 nitrogen and oxygen atoms in total. The first-order valence-corrected chi connectivity index (χ1v) is 11.7. The number of nitrogens with one attached hydrogen (secondary N) is 1. The maximum absolute atomic E-state index is 11.9. The fourth-order valence-corrected chi connectivity index (χ4v) is 3.05. The SMILES string of the molecule is CCOC(CC(CNC(=O)OCCS(C)(=O)=O)c1ccc(Br)cc1)OCC. The second-order valence-corrected chi connectivity index (χ2v) is 9.15. The average Bonchev–Trinajstić information content (AvgIpc) is 2.58. The van der Waals surface area contributed by atoms with E-state index in [-0.39, 0.29) is 24.6 Å². The van der Waals surface area contributed by atoms with E-state index in [1.54, 1.807) is 0 Å². The van der Waals surface area contributed by atoms with E-state index < -0.39 is 15.9 Å². The Morgan fingerprint density at radius 3 is 2.26 bits per heavy atom. The Hall–Kier alpha value is -1.16. The number of carbonyl (C=O) groups is 1. The van der Waals surface area contributed by atoms with Gasteiger partial charge in [-0.3, -0.25) is 0 Å². The summed E-state index contributed by atoms with van der Waals surface area (Å²) in [6.45, 7) is 5.00. The highest BCUT2D eigenvalue weighted by Crippen LogP contribution is 2.24. The highest BCUT2D eigenvalue weighted by Gasteiger charge is 2.20. The number of hydrogen-bond acceptors (Lipinski definition) is 6. The normalized spacial score (nSPS) is 12.8. The van der Waals surface area contributed by atoms with E-state index in [9.17, 15) is 13.2 Å². The molecule has 0 saturated carbocycles. The van der Waals surface area contributed by atoms with Crippen LogP contribution in [0.5, 0.6) is 0 Å². The van der Waals surface area contributed by atoms with Gasteiger partial charge in [-0.15, -0.1) is 0 Å². The maximum Gasteiger partial charge on any atom is 0.407 e. The van der Waals surface area contributed by atoms with Crippen molar-refractivity contribution in [2.75, 3.05) is 38.4 Å². The van der Waals surface area contributed by atoms with Crippen molar-refractivity contribution in [2.24, 2.45) is 0 Å². The molecule has 0 heterocycles. The molecule has 1 rings (SSSR count). The Balaban J connectivity index is 2.70. The molecule has 0 radical (unpaired) electrons. The summed E-state index contributed by atoms with van der Waals surface area (Å²) in [6.07, 6.45) is 0.633. The van der Waals surface area contributed by atoms with Crippen LogP contribution in [0, 0.1) is 0 Å². The summed E-state index contributed by atoms with van der Waals surface area (Å²) in [6, 6.07) is 7.81. The lowest BCUT2D eigenvalue weighted by Gasteiger charge is -2.24. The molecule has 27 heavy (non-hydrogen) atoms. The van der Waals surface area contributed by atoms with E-state index in [0.29, 0.717) is 26.2 Å². The molecule has 9 heteroatoms. The van der Waals surface area contributed by atoms with E-state index in [1.165, 1.54) is 0 Å². The van der Waals surface area contributed by atoms with Crippen LogP contribution in [0.4, 0.5) is 4.79 Å². The van der Waals surface area contributed by atoms with Crippen molar-refractivity contribution in [3.05, 3.63) is 34.3 Å². The lowest BCUT2D eigenvalue weighted by atomic mass is 9.95. The predicted molar refractivity (Wildman–Crippen MR) is 108 cm³/mol. The van der Waals surface area contributed by atoms with Crippen molar-refractivity contribution in [1.82, 2.24) is 5.32 Å². The highest BCUT2D eigenvalue weighted by atomic mass is 79.9. The topological polar surface area (TPSA) is 90.9 Å². The maximum atomic E-state index is 11.9. The van der Waals surface area contributed by atoms with Gasteiger partial charge in [-0.1, -0.05) is 28.1 Å². The van der Waals surface area contributed by atoms with Gasteiger partial charge in [0.2, 0.25) is 0 Å². The zero-order valence-electron chi connectivity index (χ0n) is 15.9. The highest BCUT2D eigenvalue weighted by molar-refractivity contribution is 9.10. The molecule has 0 bridgehead atoms. The van der Waals surface area contributed by atoms with E-state index >= 15 is 0 Å². The minimum atomic E-state index is -3.17. The molecule has 1 atom stereocenters. The molecule has 0 aromatic heterocycles. The molecule has 1 amide bonds. The number of alkyl carbamates (subject to hydrolysis) is 1. The van der Waals surface area contributed by atoms with E-state index in [0.717, 1.165) is 16.3 Å². The van der Waals surface area contributed by atoms with Gasteiger partial charge in [0.15, 0.2) is 16.1 Å². The fraction of sp³-hybridized carbons (Fsp3) is 0.611. The zero-order valence-corrected chi connectivity index (χ0v) is 18.3. The Kier molecular flexibility index (Phi) is 10.9. The van der Waals surface area contributed by atoms with Crippen molar-refractivity contribution in [3.8, 4) is 0 Å². The van der Waals surface area contributed by atoms with Crippen LogP contribution in [0.15, 0.2) is 28.7 Å². The number of carbonyl (C=O) groups excluding carboxylic acids is 1. The Morgan fingerprint density at radius 2 is 1.74 bits per heavy atom. The predicted octanol–water partition coefficient (Wildman–Crippen LogP) is 3.09. The van der Waals surface area contributed by atoms with E-state index in [4.69, 9.17) is 14.2 Å². The molecular formula is C18H28BrNO6S. The number of benzene rings is 1. The van der Waals surface area contributed by atoms with Gasteiger partial charge in [-0.2, -0.15) is 0 Å². The van der Waals surface area contributed by atoms with Crippen LogP contribution >= 0.6 is 15.9 Å². The second-order valence-electron chi connectivity index (χ2n) is 5.97. The number of ether oxygens (including phenoxy) is 3. The quantitative estimate of drug-likeness (QED) is 0.476. The van der Waals surface area contributed by atoms with Gasteiger partial charge in [0.05, 0.1) is 5.75 Å². The van der Waals surface area contributed by atoms with Crippen LogP contribution in [0.2, 0.25) is 0 Å². The molecule has 1 aromatic rings. The summed E-state index contributed by atoms with van der Waals surface area (Å²) in [4.78, 5) is 11.9. The number of amides is 1. The number of sulfone groups is 1. The first-order valence-electron chi connectivity index (χ1n) is 8.82. The van der Waals surface area contributed by atoms with Gasteiger partial charge in [-0.25, -0.2) is 13.2 Å². The van der Waals surface area contributed by atoms with E-state index in [1.807, 2.05) is 38.1 Å². The minimum Gasteiger partial charge on any atom is -0.448 e. The third kappa shape index (κ3) is 10.7. The molecule has 1 N–H and O–H groups in total. The summed E-state index contributed by atoms with van der Waals surface area (Å²) in [7, 11) is -3.17. The molecule has 0 aliphatic rings. The lowest BCUT2D eigenvalue weighted by molar-refractivity contribution is -0.142. The first kappa shape index (κ1) is 23.9. The number of halogens is 1. The largest absolute Gasteiger partial charge is 0.448 e. The lowest BCUT2D eigenvalue weighted by Crippen LogP contribution is -2.32. The summed E-state index contributed by atoms with van der Waals surface area (Å²) >= 11 is 3.41. The molecular weight excluding hydrogens is 438 g/mol. The monoisotopic (exact) mass is 465 g/mol. The van der Waals surface area contributed by atoms with Gasteiger partial charge < -0.3 is 19.5 Å². The Labute approximate surface area is 169 Å². The molecule has 154 valence electrons. The zero-order chi connectivity index (χ0) is 20.3. The van der Waals surface area contributed by atoms with Crippen molar-refractivity contribution in [2.45, 2.75) is 32.5 Å². The molecule has 1 aromatic carbocycles. The van der Waals surface area contributed by atoms with Crippen LogP contribution in [0.25, 0.3) is 0 Å². The third-order valence-corrected chi connectivity index (χ3v) is 5.14. The van der Waals surface area contributed by atoms with E-state index in [2.05, 4.69) is 21.2 Å². The van der Waals surface area contributed by atoms with Crippen LogP contribution < -0.4 is 5.32 Å². The molecule has 0 fully saturated rings. The Morgan fingerprint density at radius 1 is 1.15 bits per heavy atom. The molecule has 0 aliphatic heterocycles. The second kappa shape index (κ2) is 12.3. The smallest absolute Gasteiger partial charge is 0.407 e. The van der Waals surface area contributed by atoms with Gasteiger partial charge >= 0.3 is 6.09 Å². The van der Waals surface area contributed by atoms with Crippen molar-refractivity contribution in [1.29, 1.82) is 0 Å². The van der Waals surface area contributed by atoms with Crippen molar-refractivity contribution < 1.29 is 27.4 Å². The number of hydrogen-bond donors (Lipinski definition) is 1. The van der Waals surface area contributed by atoms with Gasteiger partial charge in [0.25, 0.3) is 0 Å². The summed E-state index contributed by atoms with van der Waals surface area (Å²) in [5.41, 5.74) is 1.03. The summed E-state index contributed by atoms with van der Waals surface area (Å²) in [5.74, 6) is -0.253. The summed E-state index contributed by atoms with van der Waals surface area (Å²) in [5, 5.41) is 2.69. The number of rotatable bonds is 12. The minimum absolute atomic E-state index is 0.0522. The molecule has 0 saturated heterocycles. The average molecular weight is 466 g/mol. The van der Waals surface area contributed by atoms with Crippen molar-refractivity contribution >= 4 is 31.9 Å². The fourth-order valence-electron chi connectivity index (χ4n) is 2.40. The van der Waals surface area contributed by atoms with Crippen LogP contribution in [0.1, 0.15) is 31.7 Å². The van der Waals surface area contributed by atoms with Gasteiger partial charge in [0.1, 0.15) is 6.61 Å².